The maximum Gasteiger partial charge on any atom is 0.220 e. The first-order valence-corrected chi connectivity index (χ1v) is 8.93. The minimum absolute atomic E-state index is 0.0611. The highest BCUT2D eigenvalue weighted by Gasteiger charge is 2.19. The van der Waals surface area contributed by atoms with E-state index >= 15 is 0 Å². The molecule has 0 saturated heterocycles. The molecular weight excluding hydrogens is 314 g/mol. The van der Waals surface area contributed by atoms with Gasteiger partial charge in [0.1, 0.15) is 13.2 Å². The number of hydrogen-bond donors (Lipinski definition) is 1. The van der Waals surface area contributed by atoms with Crippen LogP contribution in [-0.2, 0) is 17.6 Å². The summed E-state index contributed by atoms with van der Waals surface area (Å²) in [6.07, 6.45) is 2.12. The molecule has 1 amide bonds. The fourth-order valence-corrected chi connectivity index (χ4v) is 3.15. The van der Waals surface area contributed by atoms with Crippen LogP contribution in [0.15, 0.2) is 42.5 Å². The van der Waals surface area contributed by atoms with Crippen molar-refractivity contribution in [2.75, 3.05) is 13.2 Å². The van der Waals surface area contributed by atoms with Gasteiger partial charge in [-0.1, -0.05) is 37.3 Å². The normalized spacial score (nSPS) is 14.0. The standard InChI is InChI=1S/C21H25NO3/c1-3-17-13-19-20(25-12-11-24-19)14-18(17)15(2)22-21(23)10-9-16-7-5-4-6-8-16/h4-8,13-15H,3,9-12H2,1-2H3,(H,22,23). The number of carbonyl (C=O) groups excluding carboxylic acids is 1. The fourth-order valence-electron chi connectivity index (χ4n) is 3.15. The van der Waals surface area contributed by atoms with Crippen LogP contribution >= 0.6 is 0 Å². The second-order valence-electron chi connectivity index (χ2n) is 6.32. The molecule has 1 aliphatic rings. The Hall–Kier alpha value is -2.49. The molecule has 1 atom stereocenters. The number of carbonyl (C=O) groups is 1. The van der Waals surface area contributed by atoms with Gasteiger partial charge in [0.05, 0.1) is 6.04 Å². The Kier molecular flexibility index (Phi) is 5.59. The summed E-state index contributed by atoms with van der Waals surface area (Å²) in [5, 5.41) is 3.11. The molecule has 0 spiro atoms. The third kappa shape index (κ3) is 4.32. The SMILES string of the molecule is CCc1cc2c(cc1C(C)NC(=O)CCc1ccccc1)OCCO2. The van der Waals surface area contributed by atoms with Gasteiger partial charge >= 0.3 is 0 Å². The number of benzene rings is 2. The molecule has 0 radical (unpaired) electrons. The number of amides is 1. The smallest absolute Gasteiger partial charge is 0.220 e. The van der Waals surface area contributed by atoms with Crippen LogP contribution in [0.3, 0.4) is 0 Å². The zero-order valence-corrected chi connectivity index (χ0v) is 14.9. The highest BCUT2D eigenvalue weighted by molar-refractivity contribution is 5.76. The van der Waals surface area contributed by atoms with Gasteiger partial charge in [-0.25, -0.2) is 0 Å². The topological polar surface area (TPSA) is 47.6 Å². The number of aryl methyl sites for hydroxylation is 2. The van der Waals surface area contributed by atoms with Crippen molar-refractivity contribution in [1.29, 1.82) is 0 Å². The molecule has 1 N–H and O–H groups in total. The van der Waals surface area contributed by atoms with Crippen molar-refractivity contribution in [3.8, 4) is 11.5 Å². The van der Waals surface area contributed by atoms with Crippen molar-refractivity contribution in [3.05, 3.63) is 59.2 Å². The molecule has 0 aliphatic carbocycles. The van der Waals surface area contributed by atoms with Crippen LogP contribution in [0.25, 0.3) is 0 Å². The van der Waals surface area contributed by atoms with Gasteiger partial charge in [-0.05, 0) is 48.6 Å². The van der Waals surface area contributed by atoms with Gasteiger partial charge in [0, 0.05) is 6.42 Å². The first kappa shape index (κ1) is 17.3. The Morgan fingerprint density at radius 3 is 2.48 bits per heavy atom. The van der Waals surface area contributed by atoms with E-state index in [-0.39, 0.29) is 11.9 Å². The third-order valence-electron chi connectivity index (χ3n) is 4.51. The Labute approximate surface area is 149 Å². The molecule has 1 heterocycles. The first-order valence-electron chi connectivity index (χ1n) is 8.93. The van der Waals surface area contributed by atoms with Crippen LogP contribution in [0.5, 0.6) is 11.5 Å². The average molecular weight is 339 g/mol. The quantitative estimate of drug-likeness (QED) is 0.870. The Morgan fingerprint density at radius 1 is 1.12 bits per heavy atom. The molecule has 0 aromatic heterocycles. The Bertz CT molecular complexity index is 727. The zero-order chi connectivity index (χ0) is 17.6. The summed E-state index contributed by atoms with van der Waals surface area (Å²) in [7, 11) is 0. The van der Waals surface area contributed by atoms with Crippen LogP contribution in [0, 0.1) is 0 Å². The first-order chi connectivity index (χ1) is 12.2. The van der Waals surface area contributed by atoms with E-state index in [1.807, 2.05) is 49.4 Å². The van der Waals surface area contributed by atoms with Gasteiger partial charge in [0.15, 0.2) is 11.5 Å². The zero-order valence-electron chi connectivity index (χ0n) is 14.9. The highest BCUT2D eigenvalue weighted by Crippen LogP contribution is 2.35. The van der Waals surface area contributed by atoms with E-state index in [9.17, 15) is 4.79 Å². The van der Waals surface area contributed by atoms with E-state index in [4.69, 9.17) is 9.47 Å². The highest BCUT2D eigenvalue weighted by atomic mass is 16.6. The third-order valence-corrected chi connectivity index (χ3v) is 4.51. The summed E-state index contributed by atoms with van der Waals surface area (Å²) >= 11 is 0. The maximum absolute atomic E-state index is 12.3. The molecule has 0 bridgehead atoms. The number of ether oxygens (including phenoxy) is 2. The van der Waals surface area contributed by atoms with Crippen molar-refractivity contribution in [2.45, 2.75) is 39.2 Å². The molecule has 3 rings (SSSR count). The fraction of sp³-hybridized carbons (Fsp3) is 0.381. The average Bonchev–Trinajstić information content (AvgIpc) is 2.66. The molecule has 2 aromatic carbocycles. The van der Waals surface area contributed by atoms with E-state index in [2.05, 4.69) is 12.2 Å². The molecule has 1 unspecified atom stereocenters. The molecular formula is C21H25NO3. The van der Waals surface area contributed by atoms with Gasteiger partial charge in [-0.3, -0.25) is 4.79 Å². The van der Waals surface area contributed by atoms with Crippen molar-refractivity contribution >= 4 is 5.91 Å². The minimum atomic E-state index is -0.0611. The Morgan fingerprint density at radius 2 is 1.80 bits per heavy atom. The van der Waals surface area contributed by atoms with Crippen LogP contribution in [0.4, 0.5) is 0 Å². The predicted octanol–water partition coefficient (Wildman–Crippen LogP) is 3.83. The number of nitrogens with one attached hydrogen (secondary N) is 1. The van der Waals surface area contributed by atoms with Crippen molar-refractivity contribution in [2.24, 2.45) is 0 Å². The molecule has 4 heteroatoms. The van der Waals surface area contributed by atoms with E-state index < -0.39 is 0 Å². The summed E-state index contributed by atoms with van der Waals surface area (Å²) in [6.45, 7) is 5.28. The second-order valence-corrected chi connectivity index (χ2v) is 6.32. The molecule has 4 nitrogen and oxygen atoms in total. The summed E-state index contributed by atoms with van der Waals surface area (Å²) in [4.78, 5) is 12.3. The number of hydrogen-bond acceptors (Lipinski definition) is 3. The number of rotatable bonds is 6. The van der Waals surface area contributed by atoms with Crippen LogP contribution in [-0.4, -0.2) is 19.1 Å². The summed E-state index contributed by atoms with van der Waals surface area (Å²) in [5.74, 6) is 1.63. The van der Waals surface area contributed by atoms with Gasteiger partial charge in [-0.15, -0.1) is 0 Å². The maximum atomic E-state index is 12.3. The van der Waals surface area contributed by atoms with Gasteiger partial charge in [-0.2, -0.15) is 0 Å². The summed E-state index contributed by atoms with van der Waals surface area (Å²) in [5.41, 5.74) is 3.46. The van der Waals surface area contributed by atoms with Crippen LogP contribution < -0.4 is 14.8 Å². The minimum Gasteiger partial charge on any atom is -0.486 e. The monoisotopic (exact) mass is 339 g/mol. The molecule has 1 aliphatic heterocycles. The molecule has 0 fully saturated rings. The number of fused-ring (bicyclic) bond motifs is 1. The lowest BCUT2D eigenvalue weighted by atomic mass is 9.98. The lowest BCUT2D eigenvalue weighted by molar-refractivity contribution is -0.121. The lowest BCUT2D eigenvalue weighted by Gasteiger charge is -2.24. The van der Waals surface area contributed by atoms with Crippen LogP contribution in [0.2, 0.25) is 0 Å². The van der Waals surface area contributed by atoms with Crippen LogP contribution in [0.1, 0.15) is 43.0 Å². The lowest BCUT2D eigenvalue weighted by Crippen LogP contribution is -2.27. The van der Waals surface area contributed by atoms with E-state index in [1.165, 1.54) is 11.1 Å². The second kappa shape index (κ2) is 8.06. The van der Waals surface area contributed by atoms with Gasteiger partial charge in [0.25, 0.3) is 0 Å². The van der Waals surface area contributed by atoms with Crippen molar-refractivity contribution < 1.29 is 14.3 Å². The summed E-state index contributed by atoms with van der Waals surface area (Å²) in [6, 6.07) is 14.1. The summed E-state index contributed by atoms with van der Waals surface area (Å²) < 4.78 is 11.3. The van der Waals surface area contributed by atoms with E-state index in [1.54, 1.807) is 0 Å². The Balaban J connectivity index is 1.65. The van der Waals surface area contributed by atoms with E-state index in [0.29, 0.717) is 19.6 Å². The molecule has 25 heavy (non-hydrogen) atoms. The van der Waals surface area contributed by atoms with Gasteiger partial charge < -0.3 is 14.8 Å². The largest absolute Gasteiger partial charge is 0.486 e. The van der Waals surface area contributed by atoms with Crippen molar-refractivity contribution in [3.63, 3.8) is 0 Å². The predicted molar refractivity (Wildman–Crippen MR) is 98.1 cm³/mol. The molecule has 2 aromatic rings. The molecule has 0 saturated carbocycles. The van der Waals surface area contributed by atoms with Gasteiger partial charge in [0.2, 0.25) is 5.91 Å². The molecule has 132 valence electrons. The van der Waals surface area contributed by atoms with E-state index in [0.717, 1.165) is 29.9 Å². The van der Waals surface area contributed by atoms with Crippen molar-refractivity contribution in [1.82, 2.24) is 5.32 Å².